The van der Waals surface area contributed by atoms with Crippen molar-refractivity contribution >= 4 is 16.7 Å². The van der Waals surface area contributed by atoms with Crippen LogP contribution in [0.3, 0.4) is 0 Å². The highest BCUT2D eigenvalue weighted by Gasteiger charge is 2.49. The minimum Gasteiger partial charge on any atom is -0.487 e. The molecule has 0 spiro atoms. The van der Waals surface area contributed by atoms with E-state index in [0.29, 0.717) is 6.42 Å². The van der Waals surface area contributed by atoms with Gasteiger partial charge in [-0.1, -0.05) is 18.2 Å². The highest BCUT2D eigenvalue weighted by molar-refractivity contribution is 5.92. The molecule has 0 aliphatic heterocycles. The van der Waals surface area contributed by atoms with E-state index in [1.165, 1.54) is 0 Å². The molecule has 0 saturated heterocycles. The SMILES string of the molecule is Cc1ccc2cccc(OC3CC(=O)C3(C)C)c2n1. The minimum atomic E-state index is -0.383. The Bertz CT molecular complexity index is 661. The van der Waals surface area contributed by atoms with Crippen LogP contribution in [0.5, 0.6) is 5.75 Å². The molecule has 2 aromatic rings. The normalized spacial score (nSPS) is 21.2. The Morgan fingerprint density at radius 1 is 1.26 bits per heavy atom. The van der Waals surface area contributed by atoms with Gasteiger partial charge in [0.05, 0.1) is 5.41 Å². The van der Waals surface area contributed by atoms with E-state index >= 15 is 0 Å². The molecule has 1 heterocycles. The van der Waals surface area contributed by atoms with Gasteiger partial charge in [-0.2, -0.15) is 0 Å². The van der Waals surface area contributed by atoms with Gasteiger partial charge in [0.1, 0.15) is 23.2 Å². The van der Waals surface area contributed by atoms with Gasteiger partial charge in [-0.15, -0.1) is 0 Å². The van der Waals surface area contributed by atoms with Crippen LogP contribution in [-0.4, -0.2) is 16.9 Å². The van der Waals surface area contributed by atoms with Crippen molar-refractivity contribution in [3.05, 3.63) is 36.0 Å². The first-order valence-electron chi connectivity index (χ1n) is 6.55. The van der Waals surface area contributed by atoms with Crippen molar-refractivity contribution in [2.75, 3.05) is 0 Å². The predicted octanol–water partition coefficient (Wildman–Crippen LogP) is 3.29. The molecule has 1 aliphatic carbocycles. The fourth-order valence-electron chi connectivity index (χ4n) is 2.39. The largest absolute Gasteiger partial charge is 0.487 e. The fraction of sp³-hybridized carbons (Fsp3) is 0.375. The Morgan fingerprint density at radius 3 is 2.74 bits per heavy atom. The van der Waals surface area contributed by atoms with Gasteiger partial charge in [0.2, 0.25) is 0 Å². The van der Waals surface area contributed by atoms with Crippen LogP contribution in [0, 0.1) is 12.3 Å². The third-order valence-corrected chi connectivity index (χ3v) is 3.99. The monoisotopic (exact) mass is 255 g/mol. The van der Waals surface area contributed by atoms with Crippen LogP contribution in [0.4, 0.5) is 0 Å². The van der Waals surface area contributed by atoms with Gasteiger partial charge in [0.15, 0.2) is 0 Å². The molecule has 1 aromatic carbocycles. The van der Waals surface area contributed by atoms with Crippen LogP contribution < -0.4 is 4.74 Å². The van der Waals surface area contributed by atoms with E-state index < -0.39 is 0 Å². The molecule has 3 heteroatoms. The first-order valence-corrected chi connectivity index (χ1v) is 6.55. The van der Waals surface area contributed by atoms with Gasteiger partial charge >= 0.3 is 0 Å². The van der Waals surface area contributed by atoms with E-state index in [4.69, 9.17) is 4.74 Å². The number of nitrogens with zero attached hydrogens (tertiary/aromatic N) is 1. The van der Waals surface area contributed by atoms with E-state index in [1.807, 2.05) is 51.1 Å². The summed E-state index contributed by atoms with van der Waals surface area (Å²) in [6, 6.07) is 9.94. The molecule has 1 aromatic heterocycles. The summed E-state index contributed by atoms with van der Waals surface area (Å²) in [4.78, 5) is 16.1. The molecule has 19 heavy (non-hydrogen) atoms. The van der Waals surface area contributed by atoms with Gasteiger partial charge in [-0.25, -0.2) is 4.98 Å². The van der Waals surface area contributed by atoms with Gasteiger partial charge in [-0.3, -0.25) is 4.79 Å². The number of Topliss-reactive ketones (excluding diaryl/α,β-unsaturated/α-hetero) is 1. The van der Waals surface area contributed by atoms with E-state index in [2.05, 4.69) is 4.98 Å². The van der Waals surface area contributed by atoms with E-state index in [1.54, 1.807) is 0 Å². The Labute approximate surface area is 112 Å². The average molecular weight is 255 g/mol. The molecular formula is C16H17NO2. The van der Waals surface area contributed by atoms with Gasteiger partial charge in [0, 0.05) is 17.5 Å². The second kappa shape index (κ2) is 4.05. The Balaban J connectivity index is 1.98. The summed E-state index contributed by atoms with van der Waals surface area (Å²) in [5.41, 5.74) is 1.46. The van der Waals surface area contributed by atoms with Crippen LogP contribution in [0.15, 0.2) is 30.3 Å². The second-order valence-corrected chi connectivity index (χ2v) is 5.74. The molecular weight excluding hydrogens is 238 g/mol. The van der Waals surface area contributed by atoms with Crippen LogP contribution in [0.1, 0.15) is 26.0 Å². The number of fused-ring (bicyclic) bond motifs is 1. The van der Waals surface area contributed by atoms with Crippen molar-refractivity contribution in [1.29, 1.82) is 0 Å². The lowest BCUT2D eigenvalue weighted by atomic mass is 9.68. The highest BCUT2D eigenvalue weighted by Crippen LogP contribution is 2.40. The van der Waals surface area contributed by atoms with Crippen molar-refractivity contribution in [2.24, 2.45) is 5.41 Å². The second-order valence-electron chi connectivity index (χ2n) is 5.74. The number of carbonyl (C=O) groups is 1. The number of pyridine rings is 1. The quantitative estimate of drug-likeness (QED) is 0.826. The first kappa shape index (κ1) is 12.2. The Morgan fingerprint density at radius 2 is 2.05 bits per heavy atom. The summed E-state index contributed by atoms with van der Waals surface area (Å²) in [7, 11) is 0. The molecule has 1 aliphatic rings. The number of rotatable bonds is 2. The summed E-state index contributed by atoms with van der Waals surface area (Å²) in [6.45, 7) is 5.84. The summed E-state index contributed by atoms with van der Waals surface area (Å²) < 4.78 is 6.02. The van der Waals surface area contributed by atoms with E-state index in [-0.39, 0.29) is 17.3 Å². The molecule has 0 radical (unpaired) electrons. The predicted molar refractivity (Wildman–Crippen MR) is 74.3 cm³/mol. The minimum absolute atomic E-state index is 0.0482. The summed E-state index contributed by atoms with van der Waals surface area (Å²) >= 11 is 0. The van der Waals surface area contributed by atoms with Crippen molar-refractivity contribution < 1.29 is 9.53 Å². The average Bonchev–Trinajstić information content (AvgIpc) is 2.39. The number of benzene rings is 1. The molecule has 0 amide bonds. The number of hydrogen-bond donors (Lipinski definition) is 0. The number of aromatic nitrogens is 1. The smallest absolute Gasteiger partial charge is 0.146 e. The number of hydrogen-bond acceptors (Lipinski definition) is 3. The lowest BCUT2D eigenvalue weighted by Crippen LogP contribution is -2.53. The molecule has 0 N–H and O–H groups in total. The molecule has 1 unspecified atom stereocenters. The number of carbonyl (C=O) groups excluding carboxylic acids is 1. The lowest BCUT2D eigenvalue weighted by Gasteiger charge is -2.42. The first-order chi connectivity index (χ1) is 8.98. The van der Waals surface area contributed by atoms with Gasteiger partial charge in [-0.05, 0) is 32.9 Å². The third kappa shape index (κ3) is 1.89. The maximum atomic E-state index is 11.6. The molecule has 3 nitrogen and oxygen atoms in total. The highest BCUT2D eigenvalue weighted by atomic mass is 16.5. The summed E-state index contributed by atoms with van der Waals surface area (Å²) in [6.07, 6.45) is 0.447. The fourth-order valence-corrected chi connectivity index (χ4v) is 2.39. The lowest BCUT2D eigenvalue weighted by molar-refractivity contribution is -0.147. The number of para-hydroxylation sites is 1. The van der Waals surface area contributed by atoms with E-state index in [9.17, 15) is 4.79 Å². The third-order valence-electron chi connectivity index (χ3n) is 3.99. The number of ether oxygens (including phenoxy) is 1. The molecule has 1 fully saturated rings. The van der Waals surface area contributed by atoms with Gasteiger partial charge < -0.3 is 4.74 Å². The zero-order chi connectivity index (χ0) is 13.6. The maximum absolute atomic E-state index is 11.6. The van der Waals surface area contributed by atoms with Crippen LogP contribution in [0.2, 0.25) is 0 Å². The standard InChI is InChI=1S/C16H17NO2/c1-10-7-8-11-5-4-6-12(15(11)17-10)19-14-9-13(18)16(14,2)3/h4-8,14H,9H2,1-3H3. The van der Waals surface area contributed by atoms with Crippen LogP contribution in [0.25, 0.3) is 10.9 Å². The zero-order valence-electron chi connectivity index (χ0n) is 11.4. The van der Waals surface area contributed by atoms with Crippen LogP contribution in [-0.2, 0) is 4.79 Å². The van der Waals surface area contributed by atoms with Crippen molar-refractivity contribution in [3.8, 4) is 5.75 Å². The Kier molecular flexibility index (Phi) is 2.59. The molecule has 98 valence electrons. The maximum Gasteiger partial charge on any atom is 0.146 e. The van der Waals surface area contributed by atoms with Gasteiger partial charge in [0.25, 0.3) is 0 Å². The molecule has 0 bridgehead atoms. The molecule has 1 atom stereocenters. The summed E-state index contributed by atoms with van der Waals surface area (Å²) in [5, 5.41) is 1.06. The Hall–Kier alpha value is -1.90. The van der Waals surface area contributed by atoms with Crippen LogP contribution >= 0.6 is 0 Å². The van der Waals surface area contributed by atoms with Crippen molar-refractivity contribution in [3.63, 3.8) is 0 Å². The van der Waals surface area contributed by atoms with E-state index in [0.717, 1.165) is 22.3 Å². The summed E-state index contributed by atoms with van der Waals surface area (Å²) in [5.74, 6) is 1.04. The van der Waals surface area contributed by atoms with Crippen molar-refractivity contribution in [1.82, 2.24) is 4.98 Å². The molecule has 1 saturated carbocycles. The number of ketones is 1. The topological polar surface area (TPSA) is 39.2 Å². The molecule has 3 rings (SSSR count). The van der Waals surface area contributed by atoms with Crippen molar-refractivity contribution in [2.45, 2.75) is 33.3 Å². The zero-order valence-corrected chi connectivity index (χ0v) is 11.4. The number of aryl methyl sites for hydroxylation is 1.